The van der Waals surface area contributed by atoms with Crippen LogP contribution in [0.4, 0.5) is 0 Å². The number of hydrogen-bond acceptors (Lipinski definition) is 6. The molecule has 0 aliphatic carbocycles. The first-order valence-electron chi connectivity index (χ1n) is 12.1. The van der Waals surface area contributed by atoms with Gasteiger partial charge in [-0.1, -0.05) is 48.5 Å². The van der Waals surface area contributed by atoms with E-state index in [4.69, 9.17) is 14.7 Å². The molecule has 0 unspecified atom stereocenters. The van der Waals surface area contributed by atoms with Gasteiger partial charge in [0.05, 0.1) is 18.8 Å². The van der Waals surface area contributed by atoms with Crippen molar-refractivity contribution in [3.05, 3.63) is 83.4 Å². The fourth-order valence-corrected chi connectivity index (χ4v) is 4.09. The van der Waals surface area contributed by atoms with Gasteiger partial charge in [0.25, 0.3) is 11.8 Å². The zero-order valence-corrected chi connectivity index (χ0v) is 20.1. The van der Waals surface area contributed by atoms with E-state index in [2.05, 4.69) is 10.2 Å². The van der Waals surface area contributed by atoms with Crippen LogP contribution in [0, 0.1) is 0 Å². The maximum atomic E-state index is 13.1. The zero-order chi connectivity index (χ0) is 25.2. The molecule has 4 rings (SSSR count). The molecule has 1 aliphatic rings. The maximum Gasteiger partial charge on any atom is 0.274 e. The second kappa shape index (κ2) is 12.8. The molecule has 0 saturated carbocycles. The number of nitrogens with zero attached hydrogens (tertiary/aromatic N) is 1. The van der Waals surface area contributed by atoms with Crippen molar-refractivity contribution in [2.75, 3.05) is 46.0 Å². The monoisotopic (exact) mass is 489 g/mol. The Bertz CT molecular complexity index is 1200. The van der Waals surface area contributed by atoms with Gasteiger partial charge in [-0.25, -0.2) is 5.48 Å². The molecule has 3 N–H and O–H groups in total. The molecule has 0 aromatic heterocycles. The van der Waals surface area contributed by atoms with Crippen molar-refractivity contribution in [1.82, 2.24) is 15.7 Å². The Morgan fingerprint density at radius 3 is 2.53 bits per heavy atom. The summed E-state index contributed by atoms with van der Waals surface area (Å²) >= 11 is 0. The lowest BCUT2D eigenvalue weighted by molar-refractivity contribution is -0.117. The van der Waals surface area contributed by atoms with Gasteiger partial charge in [0.15, 0.2) is 0 Å². The van der Waals surface area contributed by atoms with E-state index in [1.54, 1.807) is 35.8 Å². The average Bonchev–Trinajstić information content (AvgIpc) is 2.93. The van der Waals surface area contributed by atoms with Gasteiger partial charge in [0.1, 0.15) is 12.4 Å². The Morgan fingerprint density at radius 1 is 1.00 bits per heavy atom. The number of morpholine rings is 1. The number of ether oxygens (including phenoxy) is 2. The summed E-state index contributed by atoms with van der Waals surface area (Å²) in [7, 11) is 0. The minimum absolute atomic E-state index is 0.0855. The quantitative estimate of drug-likeness (QED) is 0.175. The minimum atomic E-state index is -0.594. The van der Waals surface area contributed by atoms with Crippen LogP contribution in [0.1, 0.15) is 22.3 Å². The predicted molar refractivity (Wildman–Crippen MR) is 138 cm³/mol. The molecule has 3 aromatic carbocycles. The Kier molecular flexibility index (Phi) is 9.04. The summed E-state index contributed by atoms with van der Waals surface area (Å²) in [5, 5.41) is 13.9. The highest BCUT2D eigenvalue weighted by Gasteiger charge is 2.14. The second-order valence-electron chi connectivity index (χ2n) is 8.56. The Balaban J connectivity index is 1.45. The van der Waals surface area contributed by atoms with Gasteiger partial charge in [-0.15, -0.1) is 0 Å². The molecule has 2 amide bonds. The molecule has 0 atom stereocenters. The smallest absolute Gasteiger partial charge is 0.274 e. The summed E-state index contributed by atoms with van der Waals surface area (Å²) in [5.41, 5.74) is 3.14. The molecular weight excluding hydrogens is 458 g/mol. The van der Waals surface area contributed by atoms with Gasteiger partial charge in [0.2, 0.25) is 0 Å². The fourth-order valence-electron chi connectivity index (χ4n) is 4.09. The number of hydrogen-bond donors (Lipinski definition) is 3. The van der Waals surface area contributed by atoms with Crippen LogP contribution < -0.4 is 15.5 Å². The van der Waals surface area contributed by atoms with E-state index in [-0.39, 0.29) is 12.5 Å². The van der Waals surface area contributed by atoms with Crippen molar-refractivity contribution in [2.24, 2.45) is 0 Å². The highest BCUT2D eigenvalue weighted by molar-refractivity contribution is 5.98. The van der Waals surface area contributed by atoms with Crippen LogP contribution in [0.5, 0.6) is 5.75 Å². The van der Waals surface area contributed by atoms with Crippen LogP contribution in [0.2, 0.25) is 0 Å². The minimum Gasteiger partial charge on any atom is -0.488 e. The normalized spacial score (nSPS) is 14.4. The topological polar surface area (TPSA) is 100 Å². The summed E-state index contributed by atoms with van der Waals surface area (Å²) in [6.45, 7) is 4.89. The third-order valence-electron chi connectivity index (χ3n) is 6.08. The van der Waals surface area contributed by atoms with Crippen molar-refractivity contribution < 1.29 is 24.3 Å². The largest absolute Gasteiger partial charge is 0.488 e. The van der Waals surface area contributed by atoms with Crippen molar-refractivity contribution in [3.8, 4) is 5.75 Å². The average molecular weight is 490 g/mol. The lowest BCUT2D eigenvalue weighted by Gasteiger charge is -2.26. The number of carbonyl (C=O) groups excluding carboxylic acids is 2. The van der Waals surface area contributed by atoms with E-state index in [0.717, 1.165) is 55.6 Å². The highest BCUT2D eigenvalue weighted by atomic mass is 16.5. The molecule has 8 nitrogen and oxygen atoms in total. The van der Waals surface area contributed by atoms with E-state index < -0.39 is 5.91 Å². The molecule has 3 aromatic rings. The Hall–Kier alpha value is -3.72. The number of hydroxylamine groups is 1. The SMILES string of the molecule is O=C(NCCCN1CCOCC1)/C(=C/c1ccc(C(=O)NO)cc1)COc1cccc2ccccc12. The molecular formula is C28H31N3O5. The van der Waals surface area contributed by atoms with Crippen molar-refractivity contribution >= 4 is 28.7 Å². The first-order chi connectivity index (χ1) is 17.6. The van der Waals surface area contributed by atoms with E-state index in [1.807, 2.05) is 42.5 Å². The standard InChI is InChI=1S/C28H31N3O5/c32-27(29-13-4-14-31-15-17-35-18-16-31)24(19-21-9-11-23(12-10-21)28(33)30-34)20-36-26-8-3-6-22-5-1-2-7-25(22)26/h1-3,5-12,19,34H,4,13-18,20H2,(H,29,32)(H,30,33)/b24-19+. The number of amides is 2. The molecule has 1 heterocycles. The van der Waals surface area contributed by atoms with Crippen LogP contribution in [0.15, 0.2) is 72.3 Å². The van der Waals surface area contributed by atoms with Crippen molar-refractivity contribution in [3.63, 3.8) is 0 Å². The number of rotatable bonds is 10. The van der Waals surface area contributed by atoms with Crippen LogP contribution in [0.3, 0.4) is 0 Å². The number of benzene rings is 3. The van der Waals surface area contributed by atoms with Gasteiger partial charge in [-0.3, -0.25) is 19.7 Å². The molecule has 0 radical (unpaired) electrons. The van der Waals surface area contributed by atoms with E-state index >= 15 is 0 Å². The van der Waals surface area contributed by atoms with E-state index in [1.165, 1.54) is 0 Å². The van der Waals surface area contributed by atoms with Gasteiger partial charge in [-0.2, -0.15) is 0 Å². The number of fused-ring (bicyclic) bond motifs is 1. The molecule has 36 heavy (non-hydrogen) atoms. The molecule has 8 heteroatoms. The summed E-state index contributed by atoms with van der Waals surface area (Å²) in [4.78, 5) is 27.1. The van der Waals surface area contributed by atoms with Crippen LogP contribution in [-0.2, 0) is 9.53 Å². The van der Waals surface area contributed by atoms with Gasteiger partial charge in [0, 0.05) is 30.6 Å². The van der Waals surface area contributed by atoms with Crippen molar-refractivity contribution in [2.45, 2.75) is 6.42 Å². The van der Waals surface area contributed by atoms with Gasteiger partial charge >= 0.3 is 0 Å². The predicted octanol–water partition coefficient (Wildman–Crippen LogP) is 3.26. The van der Waals surface area contributed by atoms with E-state index in [9.17, 15) is 9.59 Å². The lowest BCUT2D eigenvalue weighted by atomic mass is 10.1. The molecule has 1 saturated heterocycles. The van der Waals surface area contributed by atoms with Gasteiger partial charge < -0.3 is 14.8 Å². The molecule has 1 fully saturated rings. The molecule has 0 bridgehead atoms. The van der Waals surface area contributed by atoms with Crippen LogP contribution >= 0.6 is 0 Å². The summed E-state index contributed by atoms with van der Waals surface area (Å²) in [6.07, 6.45) is 2.59. The van der Waals surface area contributed by atoms with Crippen molar-refractivity contribution in [1.29, 1.82) is 0 Å². The first-order valence-corrected chi connectivity index (χ1v) is 12.1. The Labute approximate surface area is 210 Å². The lowest BCUT2D eigenvalue weighted by Crippen LogP contribution is -2.38. The molecule has 0 spiro atoms. The zero-order valence-electron chi connectivity index (χ0n) is 20.1. The van der Waals surface area contributed by atoms with Crippen LogP contribution in [-0.4, -0.2) is 67.9 Å². The first kappa shape index (κ1) is 25.4. The maximum absolute atomic E-state index is 13.1. The third-order valence-corrected chi connectivity index (χ3v) is 6.08. The molecule has 1 aliphatic heterocycles. The molecule has 188 valence electrons. The third kappa shape index (κ3) is 6.91. The summed E-state index contributed by atoms with van der Waals surface area (Å²) in [6, 6.07) is 20.4. The second-order valence-corrected chi connectivity index (χ2v) is 8.56. The van der Waals surface area contributed by atoms with Crippen LogP contribution in [0.25, 0.3) is 16.8 Å². The highest BCUT2D eigenvalue weighted by Crippen LogP contribution is 2.25. The van der Waals surface area contributed by atoms with E-state index in [0.29, 0.717) is 23.4 Å². The summed E-state index contributed by atoms with van der Waals surface area (Å²) < 4.78 is 11.5. The number of carbonyl (C=O) groups is 2. The summed E-state index contributed by atoms with van der Waals surface area (Å²) in [5.74, 6) is -0.0912. The van der Waals surface area contributed by atoms with Gasteiger partial charge in [-0.05, 0) is 48.2 Å². The fraction of sp³-hybridized carbons (Fsp3) is 0.286. The number of nitrogens with one attached hydrogen (secondary N) is 2. The Morgan fingerprint density at radius 2 is 1.75 bits per heavy atom.